The fourth-order valence-corrected chi connectivity index (χ4v) is 3.56. The Balaban J connectivity index is 1.76. The second kappa shape index (κ2) is 8.51. The number of nitrogens with zero attached hydrogens (tertiary/aromatic N) is 1. The van der Waals surface area contributed by atoms with Gasteiger partial charge in [0, 0.05) is 15.7 Å². The summed E-state index contributed by atoms with van der Waals surface area (Å²) in [5, 5.41) is 0. The van der Waals surface area contributed by atoms with Crippen molar-refractivity contribution in [2.24, 2.45) is 0 Å². The minimum Gasteiger partial charge on any atom is -0.465 e. The largest absolute Gasteiger partial charge is 0.465 e. The zero-order chi connectivity index (χ0) is 21.1. The van der Waals surface area contributed by atoms with Crippen LogP contribution in [-0.4, -0.2) is 19.0 Å². The van der Waals surface area contributed by atoms with Gasteiger partial charge in [-0.2, -0.15) is 0 Å². The Morgan fingerprint density at radius 1 is 0.933 bits per heavy atom. The van der Waals surface area contributed by atoms with Gasteiger partial charge in [-0.15, -0.1) is 0 Å². The summed E-state index contributed by atoms with van der Waals surface area (Å²) < 4.78 is 5.74. The normalized spacial score (nSPS) is 14.7. The predicted octanol–water partition coefficient (Wildman–Crippen LogP) is 5.71. The highest BCUT2D eigenvalue weighted by Gasteiger charge is 2.30. The van der Waals surface area contributed by atoms with Crippen LogP contribution in [0.5, 0.6) is 0 Å². The minimum absolute atomic E-state index is 0.123. The van der Waals surface area contributed by atoms with Crippen LogP contribution in [0.3, 0.4) is 0 Å². The van der Waals surface area contributed by atoms with Gasteiger partial charge in [0.2, 0.25) is 0 Å². The number of benzene rings is 3. The number of methoxy groups -OCH3 is 1. The van der Waals surface area contributed by atoms with E-state index in [2.05, 4.69) is 15.9 Å². The fourth-order valence-electron chi connectivity index (χ4n) is 3.30. The predicted molar refractivity (Wildman–Crippen MR) is 122 cm³/mol. The molecule has 0 unspecified atom stereocenters. The molecule has 1 amide bonds. The van der Waals surface area contributed by atoms with Crippen LogP contribution in [0.25, 0.3) is 11.8 Å². The molecule has 0 aromatic heterocycles. The van der Waals surface area contributed by atoms with Crippen molar-refractivity contribution in [3.05, 3.63) is 112 Å². The van der Waals surface area contributed by atoms with E-state index in [1.807, 2.05) is 66.7 Å². The second-order valence-electron chi connectivity index (χ2n) is 6.73. The third-order valence-electron chi connectivity index (χ3n) is 4.79. The van der Waals surface area contributed by atoms with Gasteiger partial charge in [0.25, 0.3) is 5.91 Å². The molecule has 5 heteroatoms. The maximum atomic E-state index is 13.3. The van der Waals surface area contributed by atoms with E-state index < -0.39 is 5.97 Å². The summed E-state index contributed by atoms with van der Waals surface area (Å²) in [4.78, 5) is 26.8. The monoisotopic (exact) mass is 459 g/mol. The maximum Gasteiger partial charge on any atom is 0.337 e. The number of rotatable bonds is 4. The molecule has 0 fully saturated rings. The number of carbonyl (C=O) groups is 2. The van der Waals surface area contributed by atoms with E-state index in [1.165, 1.54) is 7.11 Å². The average molecular weight is 460 g/mol. The summed E-state index contributed by atoms with van der Waals surface area (Å²) in [6.45, 7) is 0. The Labute approximate surface area is 183 Å². The lowest BCUT2D eigenvalue weighted by Crippen LogP contribution is -2.25. The molecule has 1 aliphatic heterocycles. The van der Waals surface area contributed by atoms with Crippen molar-refractivity contribution in [1.29, 1.82) is 0 Å². The number of halogens is 1. The maximum absolute atomic E-state index is 13.3. The van der Waals surface area contributed by atoms with Crippen molar-refractivity contribution in [1.82, 2.24) is 0 Å². The van der Waals surface area contributed by atoms with Gasteiger partial charge in [-0.05, 0) is 59.7 Å². The van der Waals surface area contributed by atoms with Crippen LogP contribution >= 0.6 is 15.9 Å². The van der Waals surface area contributed by atoms with Crippen molar-refractivity contribution in [2.45, 2.75) is 0 Å². The van der Waals surface area contributed by atoms with Crippen molar-refractivity contribution in [2.75, 3.05) is 12.0 Å². The molecule has 4 rings (SSSR count). The SMILES string of the molecule is COC(=O)c1ccc(N2C(=O)/C(=C/c3ccc(Br)cc3)C=C2c2ccccc2)cc1. The van der Waals surface area contributed by atoms with E-state index in [0.29, 0.717) is 16.8 Å². The molecule has 3 aromatic rings. The summed E-state index contributed by atoms with van der Waals surface area (Å²) in [6.07, 6.45) is 3.77. The Hall–Kier alpha value is -3.44. The molecule has 1 aliphatic rings. The number of carbonyl (C=O) groups excluding carboxylic acids is 2. The quantitative estimate of drug-likeness (QED) is 0.370. The van der Waals surface area contributed by atoms with E-state index in [9.17, 15) is 9.59 Å². The highest BCUT2D eigenvalue weighted by molar-refractivity contribution is 9.10. The molecule has 0 saturated heterocycles. The number of esters is 1. The van der Waals surface area contributed by atoms with Crippen molar-refractivity contribution >= 4 is 45.3 Å². The van der Waals surface area contributed by atoms with Gasteiger partial charge in [0.05, 0.1) is 18.4 Å². The summed E-state index contributed by atoms with van der Waals surface area (Å²) >= 11 is 3.43. The van der Waals surface area contributed by atoms with Crippen LogP contribution < -0.4 is 4.90 Å². The first kappa shape index (κ1) is 19.9. The molecule has 0 atom stereocenters. The van der Waals surface area contributed by atoms with Gasteiger partial charge >= 0.3 is 5.97 Å². The number of amides is 1. The van der Waals surface area contributed by atoms with Gasteiger partial charge in [0.1, 0.15) is 0 Å². The first-order chi connectivity index (χ1) is 14.6. The lowest BCUT2D eigenvalue weighted by molar-refractivity contribution is -0.113. The molecule has 0 aliphatic carbocycles. The summed E-state index contributed by atoms with van der Waals surface area (Å²) in [5.41, 5.74) is 4.36. The lowest BCUT2D eigenvalue weighted by Gasteiger charge is -2.21. The van der Waals surface area contributed by atoms with Gasteiger partial charge in [-0.25, -0.2) is 4.79 Å². The van der Waals surface area contributed by atoms with E-state index >= 15 is 0 Å². The smallest absolute Gasteiger partial charge is 0.337 e. The second-order valence-corrected chi connectivity index (χ2v) is 7.64. The summed E-state index contributed by atoms with van der Waals surface area (Å²) in [7, 11) is 1.34. The average Bonchev–Trinajstić information content (AvgIpc) is 3.11. The molecule has 0 bridgehead atoms. The van der Waals surface area contributed by atoms with E-state index in [-0.39, 0.29) is 5.91 Å². The topological polar surface area (TPSA) is 46.6 Å². The van der Waals surface area contributed by atoms with Crippen LogP contribution in [0, 0.1) is 0 Å². The first-order valence-corrected chi connectivity index (χ1v) is 10.1. The van der Waals surface area contributed by atoms with E-state index in [4.69, 9.17) is 4.74 Å². The molecule has 0 spiro atoms. The fraction of sp³-hybridized carbons (Fsp3) is 0.0400. The van der Waals surface area contributed by atoms with Gasteiger partial charge in [0.15, 0.2) is 0 Å². The van der Waals surface area contributed by atoms with Gasteiger partial charge in [-0.1, -0.05) is 58.4 Å². The Morgan fingerprint density at radius 3 is 2.23 bits per heavy atom. The summed E-state index contributed by atoms with van der Waals surface area (Å²) in [5.74, 6) is -0.536. The van der Waals surface area contributed by atoms with Crippen molar-refractivity contribution < 1.29 is 14.3 Å². The van der Waals surface area contributed by atoms with Crippen LogP contribution in [-0.2, 0) is 9.53 Å². The molecule has 0 N–H and O–H groups in total. The highest BCUT2D eigenvalue weighted by atomic mass is 79.9. The Kier molecular flexibility index (Phi) is 5.63. The van der Waals surface area contributed by atoms with Gasteiger partial charge < -0.3 is 4.74 Å². The van der Waals surface area contributed by atoms with E-state index in [0.717, 1.165) is 21.3 Å². The lowest BCUT2D eigenvalue weighted by atomic mass is 10.1. The molecule has 0 saturated carbocycles. The zero-order valence-electron chi connectivity index (χ0n) is 16.2. The van der Waals surface area contributed by atoms with Crippen LogP contribution in [0.4, 0.5) is 5.69 Å². The zero-order valence-corrected chi connectivity index (χ0v) is 17.8. The third kappa shape index (κ3) is 3.98. The Bertz CT molecular complexity index is 1150. The highest BCUT2D eigenvalue weighted by Crippen LogP contribution is 2.35. The molecule has 1 heterocycles. The van der Waals surface area contributed by atoms with Crippen LogP contribution in [0.15, 0.2) is 95.0 Å². The molecule has 148 valence electrons. The van der Waals surface area contributed by atoms with Crippen LogP contribution in [0.2, 0.25) is 0 Å². The molecule has 30 heavy (non-hydrogen) atoms. The number of hydrogen-bond acceptors (Lipinski definition) is 3. The standard InChI is InChI=1S/C25H18BrNO3/c1-30-25(29)19-9-13-22(14-10-19)27-23(18-5-3-2-4-6-18)16-20(24(27)28)15-17-7-11-21(26)12-8-17/h2-16H,1H3/b20-15+. The summed E-state index contributed by atoms with van der Waals surface area (Å²) in [6, 6.07) is 24.4. The van der Waals surface area contributed by atoms with Crippen molar-refractivity contribution in [3.63, 3.8) is 0 Å². The number of ether oxygens (including phenoxy) is 1. The number of hydrogen-bond donors (Lipinski definition) is 0. The third-order valence-corrected chi connectivity index (χ3v) is 5.32. The molecule has 3 aromatic carbocycles. The van der Waals surface area contributed by atoms with Crippen LogP contribution in [0.1, 0.15) is 21.5 Å². The number of anilines is 1. The van der Waals surface area contributed by atoms with E-state index in [1.54, 1.807) is 29.2 Å². The molecular formula is C25H18BrNO3. The van der Waals surface area contributed by atoms with Crippen molar-refractivity contribution in [3.8, 4) is 0 Å². The molecule has 4 nitrogen and oxygen atoms in total. The van der Waals surface area contributed by atoms with Gasteiger partial charge in [-0.3, -0.25) is 9.69 Å². The minimum atomic E-state index is -0.413. The molecule has 0 radical (unpaired) electrons. The first-order valence-electron chi connectivity index (χ1n) is 9.34. The molecular weight excluding hydrogens is 442 g/mol. The Morgan fingerprint density at radius 2 is 1.60 bits per heavy atom.